The zero-order chi connectivity index (χ0) is 15.7. The minimum Gasteiger partial charge on any atom is -0.387 e. The fourth-order valence-corrected chi connectivity index (χ4v) is 3.05. The third-order valence-corrected chi connectivity index (χ3v) is 4.16. The number of aliphatic hydroxyl groups excluding tert-OH is 1. The van der Waals surface area contributed by atoms with Gasteiger partial charge >= 0.3 is 6.18 Å². The van der Waals surface area contributed by atoms with E-state index in [0.29, 0.717) is 10.9 Å². The molecule has 1 aliphatic rings. The minimum atomic E-state index is -4.46. The number of aliphatic hydroxyl groups is 1. The predicted octanol–water partition coefficient (Wildman–Crippen LogP) is 3.43. The number of para-hydroxylation sites is 1. The van der Waals surface area contributed by atoms with Gasteiger partial charge in [-0.1, -0.05) is 18.6 Å². The molecule has 2 aromatic rings. The van der Waals surface area contributed by atoms with Crippen molar-refractivity contribution in [1.29, 1.82) is 0 Å². The van der Waals surface area contributed by atoms with Crippen molar-refractivity contribution in [2.75, 3.05) is 6.54 Å². The Hall–Kier alpha value is -1.66. The third kappa shape index (κ3) is 2.80. The first-order chi connectivity index (χ1) is 10.5. The second-order valence-electron chi connectivity index (χ2n) is 5.60. The number of fused-ring (bicyclic) bond motifs is 1. The second-order valence-corrected chi connectivity index (χ2v) is 5.60. The molecule has 2 atom stereocenters. The Bertz CT molecular complexity index is 666. The summed E-state index contributed by atoms with van der Waals surface area (Å²) in [6, 6.07) is 5.43. The number of nitrogens with zero attached hydrogens (tertiary/aromatic N) is 1. The van der Waals surface area contributed by atoms with E-state index in [1.54, 1.807) is 12.1 Å². The van der Waals surface area contributed by atoms with Crippen LogP contribution in [-0.2, 0) is 6.18 Å². The van der Waals surface area contributed by atoms with Gasteiger partial charge in [-0.3, -0.25) is 4.98 Å². The smallest absolute Gasteiger partial charge is 0.387 e. The standard InChI is InChI=1S/C16H17F3N2O/c17-16(18,19)12-5-3-4-10-11(7-9-21-14(10)12)15(22)13-6-1-2-8-20-13/h3-5,7,9,13,15,20,22H,1-2,6,8H2/t13-,15+/m0/s1. The van der Waals surface area contributed by atoms with Crippen molar-refractivity contribution in [3.05, 3.63) is 41.6 Å². The number of aromatic nitrogens is 1. The van der Waals surface area contributed by atoms with Gasteiger partial charge in [0.1, 0.15) is 0 Å². The number of hydrogen-bond acceptors (Lipinski definition) is 3. The first-order valence-electron chi connectivity index (χ1n) is 7.35. The lowest BCUT2D eigenvalue weighted by molar-refractivity contribution is -0.136. The van der Waals surface area contributed by atoms with Crippen molar-refractivity contribution in [1.82, 2.24) is 10.3 Å². The zero-order valence-corrected chi connectivity index (χ0v) is 11.9. The van der Waals surface area contributed by atoms with E-state index in [1.807, 2.05) is 0 Å². The van der Waals surface area contributed by atoms with Gasteiger partial charge in [0, 0.05) is 17.6 Å². The highest BCUT2D eigenvalue weighted by atomic mass is 19.4. The molecule has 1 aromatic carbocycles. The van der Waals surface area contributed by atoms with E-state index in [4.69, 9.17) is 0 Å². The number of hydrogen-bond donors (Lipinski definition) is 2. The lowest BCUT2D eigenvalue weighted by Gasteiger charge is -2.29. The molecule has 6 heteroatoms. The molecule has 2 N–H and O–H groups in total. The van der Waals surface area contributed by atoms with E-state index < -0.39 is 17.8 Å². The number of halogens is 3. The Kier molecular flexibility index (Phi) is 4.06. The Morgan fingerprint density at radius 3 is 2.73 bits per heavy atom. The highest BCUT2D eigenvalue weighted by Gasteiger charge is 2.34. The molecular formula is C16H17F3N2O. The Balaban J connectivity index is 2.07. The molecular weight excluding hydrogens is 293 g/mol. The minimum absolute atomic E-state index is 0.109. The van der Waals surface area contributed by atoms with Crippen molar-refractivity contribution in [2.24, 2.45) is 0 Å². The van der Waals surface area contributed by atoms with Crippen LogP contribution in [0.2, 0.25) is 0 Å². The van der Waals surface area contributed by atoms with Crippen molar-refractivity contribution < 1.29 is 18.3 Å². The number of rotatable bonds is 2. The molecule has 118 valence electrons. The predicted molar refractivity (Wildman–Crippen MR) is 77.3 cm³/mol. The lowest BCUT2D eigenvalue weighted by atomic mass is 9.92. The van der Waals surface area contributed by atoms with Crippen molar-refractivity contribution in [3.8, 4) is 0 Å². The van der Waals surface area contributed by atoms with Crippen LogP contribution in [0.4, 0.5) is 13.2 Å². The fourth-order valence-electron chi connectivity index (χ4n) is 3.05. The molecule has 1 aliphatic heterocycles. The summed E-state index contributed by atoms with van der Waals surface area (Å²) in [4.78, 5) is 3.88. The van der Waals surface area contributed by atoms with E-state index in [1.165, 1.54) is 12.3 Å². The molecule has 2 heterocycles. The molecule has 0 spiro atoms. The van der Waals surface area contributed by atoms with Crippen molar-refractivity contribution in [2.45, 2.75) is 37.6 Å². The molecule has 3 rings (SSSR count). The normalized spacial score (nSPS) is 21.0. The van der Waals surface area contributed by atoms with Crippen LogP contribution in [0, 0.1) is 0 Å². The molecule has 0 aliphatic carbocycles. The summed E-state index contributed by atoms with van der Waals surface area (Å²) in [5.41, 5.74) is -0.381. The number of benzene rings is 1. The fraction of sp³-hybridized carbons (Fsp3) is 0.438. The quantitative estimate of drug-likeness (QED) is 0.893. The van der Waals surface area contributed by atoms with Gasteiger partial charge in [-0.05, 0) is 37.1 Å². The average Bonchev–Trinajstić information content (AvgIpc) is 2.53. The van der Waals surface area contributed by atoms with Gasteiger partial charge in [0.05, 0.1) is 17.2 Å². The van der Waals surface area contributed by atoms with Gasteiger partial charge in [-0.25, -0.2) is 0 Å². The van der Waals surface area contributed by atoms with E-state index in [9.17, 15) is 18.3 Å². The maximum Gasteiger partial charge on any atom is 0.418 e. The van der Waals surface area contributed by atoms with Gasteiger partial charge in [0.2, 0.25) is 0 Å². The molecule has 3 nitrogen and oxygen atoms in total. The van der Waals surface area contributed by atoms with Crippen LogP contribution in [0.5, 0.6) is 0 Å². The monoisotopic (exact) mass is 310 g/mol. The van der Waals surface area contributed by atoms with Crippen LogP contribution in [0.25, 0.3) is 10.9 Å². The van der Waals surface area contributed by atoms with Crippen LogP contribution >= 0.6 is 0 Å². The van der Waals surface area contributed by atoms with Crippen LogP contribution < -0.4 is 5.32 Å². The first-order valence-corrected chi connectivity index (χ1v) is 7.35. The maximum absolute atomic E-state index is 13.1. The third-order valence-electron chi connectivity index (χ3n) is 4.16. The van der Waals surface area contributed by atoms with Gasteiger partial charge < -0.3 is 10.4 Å². The maximum atomic E-state index is 13.1. The molecule has 1 aromatic heterocycles. The molecule has 22 heavy (non-hydrogen) atoms. The molecule has 0 amide bonds. The summed E-state index contributed by atoms with van der Waals surface area (Å²) in [7, 11) is 0. The summed E-state index contributed by atoms with van der Waals surface area (Å²) < 4.78 is 39.3. The van der Waals surface area contributed by atoms with Crippen molar-refractivity contribution in [3.63, 3.8) is 0 Å². The van der Waals surface area contributed by atoms with Gasteiger partial charge in [-0.15, -0.1) is 0 Å². The molecule has 0 bridgehead atoms. The van der Waals surface area contributed by atoms with Crippen LogP contribution in [-0.4, -0.2) is 22.7 Å². The SMILES string of the molecule is O[C@H](c1ccnc2c(C(F)(F)F)cccc12)[C@@H]1CCCCN1. The van der Waals surface area contributed by atoms with Gasteiger partial charge in [-0.2, -0.15) is 13.2 Å². The summed E-state index contributed by atoms with van der Waals surface area (Å²) in [5.74, 6) is 0. The van der Waals surface area contributed by atoms with Gasteiger partial charge in [0.15, 0.2) is 0 Å². The molecule has 0 saturated carbocycles. The lowest BCUT2D eigenvalue weighted by Crippen LogP contribution is -2.38. The number of pyridine rings is 1. The number of piperidine rings is 1. The number of nitrogens with one attached hydrogen (secondary N) is 1. The Labute approximate surface area is 126 Å². The summed E-state index contributed by atoms with van der Waals surface area (Å²) in [5, 5.41) is 14.2. The summed E-state index contributed by atoms with van der Waals surface area (Å²) >= 11 is 0. The zero-order valence-electron chi connectivity index (χ0n) is 11.9. The Morgan fingerprint density at radius 2 is 2.05 bits per heavy atom. The summed E-state index contributed by atoms with van der Waals surface area (Å²) in [6.45, 7) is 0.818. The topological polar surface area (TPSA) is 45.2 Å². The van der Waals surface area contributed by atoms with Crippen LogP contribution in [0.15, 0.2) is 30.5 Å². The van der Waals surface area contributed by atoms with Crippen LogP contribution in [0.3, 0.4) is 0 Å². The highest BCUT2D eigenvalue weighted by Crippen LogP contribution is 2.36. The van der Waals surface area contributed by atoms with Crippen molar-refractivity contribution >= 4 is 10.9 Å². The second kappa shape index (κ2) is 5.85. The molecule has 0 radical (unpaired) electrons. The van der Waals surface area contributed by atoms with Gasteiger partial charge in [0.25, 0.3) is 0 Å². The van der Waals surface area contributed by atoms with E-state index in [-0.39, 0.29) is 11.6 Å². The number of alkyl halides is 3. The largest absolute Gasteiger partial charge is 0.418 e. The van der Waals surface area contributed by atoms with E-state index in [2.05, 4.69) is 10.3 Å². The van der Waals surface area contributed by atoms with E-state index >= 15 is 0 Å². The first kappa shape index (κ1) is 15.2. The van der Waals surface area contributed by atoms with Crippen LogP contribution in [0.1, 0.15) is 36.5 Å². The average molecular weight is 310 g/mol. The molecule has 1 saturated heterocycles. The molecule has 0 unspecified atom stereocenters. The highest BCUT2D eigenvalue weighted by molar-refractivity contribution is 5.85. The molecule has 1 fully saturated rings. The Morgan fingerprint density at radius 1 is 1.23 bits per heavy atom. The van der Waals surface area contributed by atoms with E-state index in [0.717, 1.165) is 31.9 Å². The summed E-state index contributed by atoms with van der Waals surface area (Å²) in [6.07, 6.45) is -1.10.